The van der Waals surface area contributed by atoms with Crippen molar-refractivity contribution in [3.05, 3.63) is 0 Å². The van der Waals surface area contributed by atoms with Crippen LogP contribution < -0.4 is 0 Å². The highest BCUT2D eigenvalue weighted by molar-refractivity contribution is 5.08. The molecule has 0 spiro atoms. The van der Waals surface area contributed by atoms with Gasteiger partial charge < -0.3 is 0 Å². The minimum Gasteiger partial charge on any atom is -0.0625 e. The molecule has 0 saturated heterocycles. The van der Waals surface area contributed by atoms with Crippen LogP contribution in [0.25, 0.3) is 0 Å². The number of rotatable bonds is 0. The van der Waals surface area contributed by atoms with Crippen molar-refractivity contribution in [2.24, 2.45) is 46.3 Å². The molecular weight excluding hydrogens is 252 g/mol. The Hall–Kier alpha value is 0. The second-order valence-corrected chi connectivity index (χ2v) is 10.2. The van der Waals surface area contributed by atoms with Crippen LogP contribution in [0.1, 0.15) is 85.5 Å². The summed E-state index contributed by atoms with van der Waals surface area (Å²) in [6.45, 7) is 10.5. The van der Waals surface area contributed by atoms with E-state index in [0.717, 1.165) is 40.9 Å². The van der Waals surface area contributed by atoms with Gasteiger partial charge in [-0.15, -0.1) is 0 Å². The van der Waals surface area contributed by atoms with Gasteiger partial charge in [-0.3, -0.25) is 0 Å². The summed E-state index contributed by atoms with van der Waals surface area (Å²) in [5.41, 5.74) is 1.42. The first kappa shape index (κ1) is 14.6. The van der Waals surface area contributed by atoms with Crippen molar-refractivity contribution in [3.63, 3.8) is 0 Å². The summed E-state index contributed by atoms with van der Waals surface area (Å²) in [5.74, 6) is 6.24. The maximum Gasteiger partial charge on any atom is -0.0264 e. The lowest BCUT2D eigenvalue weighted by Gasteiger charge is -2.62. The van der Waals surface area contributed by atoms with E-state index >= 15 is 0 Å². The molecule has 0 aliphatic heterocycles. The molecule has 21 heavy (non-hydrogen) atoms. The zero-order chi connectivity index (χ0) is 14.8. The molecule has 8 atom stereocenters. The molecule has 0 heterocycles. The summed E-state index contributed by atoms with van der Waals surface area (Å²) >= 11 is 0. The number of hydrogen-bond donors (Lipinski definition) is 0. The van der Waals surface area contributed by atoms with Crippen LogP contribution in [0.4, 0.5) is 0 Å². The molecule has 4 aliphatic rings. The standard InChI is InChI=1S/C21H36/c1-14-7-11-21(4)18-8-10-20(3)9-5-6-17(20)16(18)13-15(2)19(21)12-14/h14-19H,5-13H2,1-4H3/t14?,15-,16?,17?,18?,19?,20-,21+/m0/s1. The number of hydrogen-bond acceptors (Lipinski definition) is 0. The molecule has 0 N–H and O–H groups in total. The quantitative estimate of drug-likeness (QED) is 0.490. The monoisotopic (exact) mass is 288 g/mol. The molecule has 5 unspecified atom stereocenters. The first-order valence-electron chi connectivity index (χ1n) is 9.94. The van der Waals surface area contributed by atoms with Crippen molar-refractivity contribution in [2.75, 3.05) is 0 Å². The highest BCUT2D eigenvalue weighted by atomic mass is 14.6. The second kappa shape index (κ2) is 4.75. The summed E-state index contributed by atoms with van der Waals surface area (Å²) in [4.78, 5) is 0. The summed E-state index contributed by atoms with van der Waals surface area (Å²) in [5, 5.41) is 0. The number of fused-ring (bicyclic) bond motifs is 5. The first-order valence-corrected chi connectivity index (χ1v) is 9.94. The van der Waals surface area contributed by atoms with E-state index in [1.54, 1.807) is 25.7 Å². The molecule has 0 bridgehead atoms. The molecule has 0 amide bonds. The van der Waals surface area contributed by atoms with Crippen molar-refractivity contribution >= 4 is 0 Å². The van der Waals surface area contributed by atoms with Gasteiger partial charge in [-0.25, -0.2) is 0 Å². The maximum atomic E-state index is 2.72. The molecule has 120 valence electrons. The van der Waals surface area contributed by atoms with Gasteiger partial charge in [-0.05, 0) is 91.3 Å². The van der Waals surface area contributed by atoms with Crippen molar-refractivity contribution in [1.82, 2.24) is 0 Å². The summed E-state index contributed by atoms with van der Waals surface area (Å²) in [6, 6.07) is 0. The minimum atomic E-state index is 0.693. The predicted octanol–water partition coefficient (Wildman–Crippen LogP) is 6.30. The fourth-order valence-electron chi connectivity index (χ4n) is 7.93. The van der Waals surface area contributed by atoms with Gasteiger partial charge in [-0.2, -0.15) is 0 Å². The van der Waals surface area contributed by atoms with Crippen molar-refractivity contribution < 1.29 is 0 Å². The van der Waals surface area contributed by atoms with Gasteiger partial charge in [0.05, 0.1) is 0 Å². The molecule has 4 saturated carbocycles. The van der Waals surface area contributed by atoms with Gasteiger partial charge in [0, 0.05) is 0 Å². The van der Waals surface area contributed by atoms with Gasteiger partial charge >= 0.3 is 0 Å². The molecule has 0 aromatic rings. The third-order valence-corrected chi connectivity index (χ3v) is 9.08. The fourth-order valence-corrected chi connectivity index (χ4v) is 7.93. The third kappa shape index (κ3) is 1.99. The van der Waals surface area contributed by atoms with Crippen LogP contribution in [0.5, 0.6) is 0 Å². The second-order valence-electron chi connectivity index (χ2n) is 10.2. The van der Waals surface area contributed by atoms with Gasteiger partial charge in [0.2, 0.25) is 0 Å². The van der Waals surface area contributed by atoms with E-state index in [4.69, 9.17) is 0 Å². The average Bonchev–Trinajstić information content (AvgIpc) is 2.83. The molecule has 4 fully saturated rings. The highest BCUT2D eigenvalue weighted by Gasteiger charge is 2.59. The Morgan fingerprint density at radius 2 is 1.57 bits per heavy atom. The lowest BCUT2D eigenvalue weighted by Crippen LogP contribution is -2.55. The SMILES string of the molecule is CC1CC[C@]2(C)C3CC[C@]4(C)CCCC4C3C[C@H](C)C2C1. The lowest BCUT2D eigenvalue weighted by molar-refractivity contribution is -0.132. The Kier molecular flexibility index (Phi) is 3.30. The van der Waals surface area contributed by atoms with Crippen LogP contribution in [0.2, 0.25) is 0 Å². The smallest absolute Gasteiger partial charge is 0.0264 e. The van der Waals surface area contributed by atoms with E-state index in [1.165, 1.54) is 32.1 Å². The van der Waals surface area contributed by atoms with Crippen LogP contribution in [-0.2, 0) is 0 Å². The van der Waals surface area contributed by atoms with Crippen molar-refractivity contribution in [3.8, 4) is 0 Å². The molecule has 0 aromatic carbocycles. The Morgan fingerprint density at radius 3 is 2.38 bits per heavy atom. The first-order chi connectivity index (χ1) is 9.94. The van der Waals surface area contributed by atoms with E-state index in [0.29, 0.717) is 5.41 Å². The summed E-state index contributed by atoms with van der Waals surface area (Å²) in [6.07, 6.45) is 13.9. The topological polar surface area (TPSA) is 0 Å². The Morgan fingerprint density at radius 1 is 0.762 bits per heavy atom. The minimum absolute atomic E-state index is 0.693. The molecule has 0 nitrogen and oxygen atoms in total. The van der Waals surface area contributed by atoms with Crippen LogP contribution in [0.15, 0.2) is 0 Å². The lowest BCUT2D eigenvalue weighted by atomic mass is 9.43. The van der Waals surface area contributed by atoms with Crippen LogP contribution >= 0.6 is 0 Å². The summed E-state index contributed by atoms with van der Waals surface area (Å²) in [7, 11) is 0. The van der Waals surface area contributed by atoms with Crippen molar-refractivity contribution in [1.29, 1.82) is 0 Å². The molecule has 0 heteroatoms. The highest BCUT2D eigenvalue weighted by Crippen LogP contribution is 2.67. The van der Waals surface area contributed by atoms with Crippen molar-refractivity contribution in [2.45, 2.75) is 85.5 Å². The maximum absolute atomic E-state index is 2.72. The van der Waals surface area contributed by atoms with E-state index in [9.17, 15) is 0 Å². The summed E-state index contributed by atoms with van der Waals surface area (Å²) < 4.78 is 0. The third-order valence-electron chi connectivity index (χ3n) is 9.08. The van der Waals surface area contributed by atoms with Crippen LogP contribution in [-0.4, -0.2) is 0 Å². The average molecular weight is 289 g/mol. The zero-order valence-electron chi connectivity index (χ0n) is 14.8. The molecule has 4 rings (SSSR count). The van der Waals surface area contributed by atoms with Gasteiger partial charge in [0.25, 0.3) is 0 Å². The Bertz CT molecular complexity index is 412. The van der Waals surface area contributed by atoms with Crippen LogP contribution in [0.3, 0.4) is 0 Å². The molecule has 0 radical (unpaired) electrons. The fraction of sp³-hybridized carbons (Fsp3) is 1.00. The molecule has 0 aromatic heterocycles. The van der Waals surface area contributed by atoms with Gasteiger partial charge in [0.15, 0.2) is 0 Å². The molecule has 4 aliphatic carbocycles. The van der Waals surface area contributed by atoms with Gasteiger partial charge in [-0.1, -0.05) is 40.5 Å². The largest absolute Gasteiger partial charge is 0.0625 e. The van der Waals surface area contributed by atoms with E-state index in [2.05, 4.69) is 27.7 Å². The molecular formula is C21H36. The van der Waals surface area contributed by atoms with E-state index in [1.807, 2.05) is 0 Å². The van der Waals surface area contributed by atoms with Gasteiger partial charge in [0.1, 0.15) is 0 Å². The van der Waals surface area contributed by atoms with Crippen LogP contribution in [0, 0.1) is 46.3 Å². The zero-order valence-corrected chi connectivity index (χ0v) is 14.8. The van der Waals surface area contributed by atoms with E-state index in [-0.39, 0.29) is 0 Å². The van der Waals surface area contributed by atoms with E-state index < -0.39 is 0 Å². The normalized spacial score (nSPS) is 60.0. The predicted molar refractivity (Wildman–Crippen MR) is 90.1 cm³/mol. The Labute approximate surface area is 132 Å². The Balaban J connectivity index is 1.66.